The number of phenols is 1. The lowest BCUT2D eigenvalue weighted by molar-refractivity contribution is -0.116. The van der Waals surface area contributed by atoms with E-state index in [0.717, 1.165) is 47.2 Å². The molecule has 25 heteroatoms. The zero-order valence-electron chi connectivity index (χ0n) is 31.0. The number of aromatic hydroxyl groups is 1. The fourth-order valence-electron chi connectivity index (χ4n) is 5.48. The van der Waals surface area contributed by atoms with E-state index in [0.29, 0.717) is 0 Å². The van der Waals surface area contributed by atoms with Crippen LogP contribution in [0.15, 0.2) is 116 Å². The van der Waals surface area contributed by atoms with Gasteiger partial charge in [-0.1, -0.05) is 25.3 Å². The minimum atomic E-state index is -4.94. The molecule has 60 heavy (non-hydrogen) atoms. The monoisotopic (exact) mass is 904 g/mol. The van der Waals surface area contributed by atoms with Gasteiger partial charge in [0.25, 0.3) is 20.2 Å². The standard InChI is InChI=1S/C35H33FN8O12S4/c1-4-44(23-9-7-10-24(19-23)58(49,50)6-3)35-40-33(36)39-34(41-35)38-28-20-25(59(51,52)53)17-21-12-14-26(32(46)31(21)28)42-43-27-18-22(13-15-29(27)60(54,55)56)37-30(45)11-8-16-57(47,48)5-2/h5-7,9-10,12-15,17-20,46H,2-4,8,11,16H2,1H3,(H,37,45)(H,51,52,53)(H,54,55,56)(H,38,39,40,41)/b43-42+. The molecule has 5 rings (SSSR count). The molecule has 1 aromatic heterocycles. The number of nitrogens with zero attached hydrogens (tertiary/aromatic N) is 6. The molecular weight excluding hydrogens is 872 g/mol. The van der Waals surface area contributed by atoms with Crippen molar-refractivity contribution in [3.63, 3.8) is 0 Å². The number of fused-ring (bicyclic) bond motifs is 1. The molecule has 0 unspecified atom stereocenters. The van der Waals surface area contributed by atoms with Crippen LogP contribution < -0.4 is 15.5 Å². The molecule has 0 atom stereocenters. The van der Waals surface area contributed by atoms with Crippen LogP contribution in [0, 0.1) is 6.08 Å². The molecule has 5 aromatic rings. The summed E-state index contributed by atoms with van der Waals surface area (Å²) < 4.78 is 132. The van der Waals surface area contributed by atoms with Gasteiger partial charge in [0.15, 0.2) is 25.4 Å². The lowest BCUT2D eigenvalue weighted by Gasteiger charge is -2.22. The summed E-state index contributed by atoms with van der Waals surface area (Å²) in [6.45, 7) is 8.22. The van der Waals surface area contributed by atoms with Gasteiger partial charge in [0.05, 0.1) is 21.2 Å². The molecule has 4 aromatic carbocycles. The first kappa shape index (κ1) is 44.8. The van der Waals surface area contributed by atoms with E-state index >= 15 is 4.39 Å². The Morgan fingerprint density at radius 1 is 0.850 bits per heavy atom. The largest absolute Gasteiger partial charge is 0.505 e. The predicted octanol–water partition coefficient (Wildman–Crippen LogP) is 5.87. The molecular formula is C35H33FN8O12S4. The number of hydrogen-bond donors (Lipinski definition) is 5. The molecule has 1 amide bonds. The Bertz CT molecular complexity index is 3040. The number of carbonyl (C=O) groups excluding carboxylic acids is 1. The zero-order chi connectivity index (χ0) is 44.2. The van der Waals surface area contributed by atoms with Crippen molar-refractivity contribution in [1.82, 2.24) is 15.0 Å². The number of aromatic nitrogens is 3. The van der Waals surface area contributed by atoms with Crippen LogP contribution in [-0.2, 0) is 44.7 Å². The molecule has 316 valence electrons. The number of hydrogen-bond acceptors (Lipinski definition) is 17. The SMILES string of the molecule is C=CS(=O)(=O)CCCC(=O)Nc1ccc(S(=O)(=O)O)c(/N=N/c2ccc3cc(S(=O)(=O)O)cc(Nc4nc(F)nc(N(CC)c5cccc(S(=O)(=O)C=C)c5)n4)c3c2O)c1. The molecule has 0 saturated heterocycles. The van der Waals surface area contributed by atoms with Gasteiger partial charge in [0.2, 0.25) is 17.8 Å². The fraction of sp³-hybridized carbons (Fsp3) is 0.143. The summed E-state index contributed by atoms with van der Waals surface area (Å²) >= 11 is 0. The van der Waals surface area contributed by atoms with Gasteiger partial charge in [-0.25, -0.2) is 16.8 Å². The van der Waals surface area contributed by atoms with E-state index in [-0.39, 0.29) is 69.5 Å². The number of amides is 1. The summed E-state index contributed by atoms with van der Waals surface area (Å²) in [5.41, 5.74) is -1.04. The van der Waals surface area contributed by atoms with Crippen molar-refractivity contribution < 1.29 is 57.1 Å². The Morgan fingerprint density at radius 3 is 2.22 bits per heavy atom. The number of halogens is 1. The average Bonchev–Trinajstić information content (AvgIpc) is 3.17. The van der Waals surface area contributed by atoms with E-state index in [1.54, 1.807) is 6.92 Å². The fourth-order valence-corrected chi connectivity index (χ4v) is 8.08. The van der Waals surface area contributed by atoms with E-state index < -0.39 is 79.1 Å². The van der Waals surface area contributed by atoms with E-state index in [2.05, 4.69) is 49.0 Å². The zero-order valence-corrected chi connectivity index (χ0v) is 34.2. The van der Waals surface area contributed by atoms with Crippen molar-refractivity contribution in [1.29, 1.82) is 0 Å². The minimum Gasteiger partial charge on any atom is -0.505 e. The van der Waals surface area contributed by atoms with Crippen LogP contribution in [0.4, 0.5) is 44.7 Å². The highest BCUT2D eigenvalue weighted by Crippen LogP contribution is 2.42. The maximum Gasteiger partial charge on any atom is 0.315 e. The Labute approximate surface area is 342 Å². The Morgan fingerprint density at radius 2 is 1.57 bits per heavy atom. The van der Waals surface area contributed by atoms with Crippen LogP contribution in [-0.4, -0.2) is 81.0 Å². The molecule has 0 spiro atoms. The third-order valence-electron chi connectivity index (χ3n) is 8.29. The number of nitrogens with one attached hydrogen (secondary N) is 2. The van der Waals surface area contributed by atoms with E-state index in [1.807, 2.05) is 0 Å². The van der Waals surface area contributed by atoms with E-state index in [9.17, 15) is 52.7 Å². The third-order valence-corrected chi connectivity index (χ3v) is 12.7. The Kier molecular flexibility index (Phi) is 13.1. The molecule has 1 heterocycles. The van der Waals surface area contributed by atoms with Gasteiger partial charge < -0.3 is 20.6 Å². The highest BCUT2D eigenvalue weighted by Gasteiger charge is 2.22. The van der Waals surface area contributed by atoms with Crippen molar-refractivity contribution in [2.24, 2.45) is 10.2 Å². The lowest BCUT2D eigenvalue weighted by Crippen LogP contribution is -2.21. The lowest BCUT2D eigenvalue weighted by atomic mass is 10.1. The van der Waals surface area contributed by atoms with Crippen molar-refractivity contribution in [2.45, 2.75) is 34.5 Å². The van der Waals surface area contributed by atoms with Crippen LogP contribution >= 0.6 is 0 Å². The highest BCUT2D eigenvalue weighted by atomic mass is 32.2. The summed E-state index contributed by atoms with van der Waals surface area (Å²) in [4.78, 5) is 23.8. The number of anilines is 5. The second-order valence-electron chi connectivity index (χ2n) is 12.3. The summed E-state index contributed by atoms with van der Waals surface area (Å²) in [6.07, 6.45) is -1.63. The molecule has 20 nitrogen and oxygen atoms in total. The number of sulfone groups is 2. The normalized spacial score (nSPS) is 12.3. The summed E-state index contributed by atoms with van der Waals surface area (Å²) in [5.74, 6) is -2.60. The van der Waals surface area contributed by atoms with Crippen molar-refractivity contribution in [2.75, 3.05) is 27.8 Å². The van der Waals surface area contributed by atoms with Gasteiger partial charge in [-0.3, -0.25) is 13.9 Å². The minimum absolute atomic E-state index is 0.0278. The second-order valence-corrected chi connectivity index (χ2v) is 19.1. The van der Waals surface area contributed by atoms with Crippen molar-refractivity contribution >= 4 is 96.9 Å². The molecule has 5 N–H and O–H groups in total. The quantitative estimate of drug-likeness (QED) is 0.0538. The molecule has 0 aliphatic carbocycles. The van der Waals surface area contributed by atoms with Crippen LogP contribution in [0.2, 0.25) is 0 Å². The maximum atomic E-state index is 15.0. The van der Waals surface area contributed by atoms with Gasteiger partial charge in [0.1, 0.15) is 16.3 Å². The smallest absolute Gasteiger partial charge is 0.315 e. The number of rotatable bonds is 17. The summed E-state index contributed by atoms with van der Waals surface area (Å²) in [7, 11) is -17.3. The first-order valence-electron chi connectivity index (χ1n) is 16.9. The average molecular weight is 905 g/mol. The van der Waals surface area contributed by atoms with Crippen LogP contribution in [0.1, 0.15) is 19.8 Å². The van der Waals surface area contributed by atoms with Gasteiger partial charge in [0, 0.05) is 40.5 Å². The maximum absolute atomic E-state index is 15.0. The first-order valence-corrected chi connectivity index (χ1v) is 23.1. The van der Waals surface area contributed by atoms with Gasteiger partial charge in [-0.15, -0.1) is 10.2 Å². The molecule has 0 aliphatic rings. The molecule has 0 aliphatic heterocycles. The van der Waals surface area contributed by atoms with Crippen LogP contribution in [0.3, 0.4) is 0 Å². The molecule has 0 saturated carbocycles. The Balaban J connectivity index is 1.56. The predicted molar refractivity (Wildman–Crippen MR) is 217 cm³/mol. The number of benzene rings is 4. The number of phenolic OH excluding ortho intramolecular Hbond substituents is 1. The van der Waals surface area contributed by atoms with Crippen molar-refractivity contribution in [3.05, 3.63) is 96.8 Å². The third kappa shape index (κ3) is 10.7. The van der Waals surface area contributed by atoms with Gasteiger partial charge >= 0.3 is 6.08 Å². The summed E-state index contributed by atoms with van der Waals surface area (Å²) in [5, 5.41) is 25.5. The molecule has 0 fully saturated rings. The molecule has 0 radical (unpaired) electrons. The topological polar surface area (TPSA) is 305 Å². The first-order chi connectivity index (χ1) is 28.0. The number of azo groups is 1. The highest BCUT2D eigenvalue weighted by molar-refractivity contribution is 7.94. The Hall–Kier alpha value is -6.25. The van der Waals surface area contributed by atoms with Gasteiger partial charge in [-0.2, -0.15) is 36.2 Å². The summed E-state index contributed by atoms with van der Waals surface area (Å²) in [6, 6.07) is 12.8. The van der Waals surface area contributed by atoms with Crippen molar-refractivity contribution in [3.8, 4) is 5.75 Å². The van der Waals surface area contributed by atoms with E-state index in [1.165, 1.54) is 35.2 Å². The molecule has 0 bridgehead atoms. The van der Waals surface area contributed by atoms with Crippen LogP contribution in [0.25, 0.3) is 10.8 Å². The van der Waals surface area contributed by atoms with Crippen LogP contribution in [0.5, 0.6) is 5.75 Å². The van der Waals surface area contributed by atoms with Gasteiger partial charge in [-0.05, 0) is 73.3 Å². The number of carbonyl (C=O) groups is 1. The van der Waals surface area contributed by atoms with E-state index in [4.69, 9.17) is 0 Å². The second kappa shape index (κ2) is 17.5.